The Hall–Kier alpha value is -1.31. The van der Waals surface area contributed by atoms with Crippen molar-refractivity contribution in [2.24, 2.45) is 4.99 Å². The van der Waals surface area contributed by atoms with Crippen molar-refractivity contribution in [1.29, 1.82) is 0 Å². The molecule has 0 saturated carbocycles. The molecule has 1 aromatic rings. The van der Waals surface area contributed by atoms with E-state index in [2.05, 4.69) is 4.99 Å². The fourth-order valence-corrected chi connectivity index (χ4v) is 1.78. The summed E-state index contributed by atoms with van der Waals surface area (Å²) in [5.74, 6) is 0.732. The average Bonchev–Trinajstić information content (AvgIpc) is 2.21. The van der Waals surface area contributed by atoms with Gasteiger partial charge in [0.15, 0.2) is 0 Å². The first-order chi connectivity index (χ1) is 7.11. The molecule has 0 aliphatic rings. The summed E-state index contributed by atoms with van der Waals surface area (Å²) in [7, 11) is 1.59. The van der Waals surface area contributed by atoms with Crippen molar-refractivity contribution in [2.75, 3.05) is 7.11 Å². The molecule has 0 atom stereocenters. The molecule has 0 aliphatic carbocycles. The van der Waals surface area contributed by atoms with Gasteiger partial charge in [-0.2, -0.15) is 0 Å². The first-order valence-corrected chi connectivity index (χ1v) is 4.85. The highest BCUT2D eigenvalue weighted by atomic mass is 35.5. The lowest BCUT2D eigenvalue weighted by Crippen LogP contribution is -1.98. The molecular formula is C11H12ClNO2. The van der Waals surface area contributed by atoms with E-state index >= 15 is 0 Å². The molecule has 15 heavy (non-hydrogen) atoms. The number of methoxy groups -OCH3 is 1. The number of aryl methyl sites for hydroxylation is 1. The predicted octanol–water partition coefficient (Wildman–Crippen LogP) is 2.80. The van der Waals surface area contributed by atoms with E-state index in [1.54, 1.807) is 7.11 Å². The molecule has 0 unspecified atom stereocenters. The molecule has 1 rings (SSSR count). The van der Waals surface area contributed by atoms with Crippen molar-refractivity contribution in [3.63, 3.8) is 0 Å². The number of halogens is 1. The first kappa shape index (κ1) is 11.8. The fourth-order valence-electron chi connectivity index (χ4n) is 1.50. The maximum absolute atomic E-state index is 10.1. The van der Waals surface area contributed by atoms with E-state index in [1.165, 1.54) is 6.08 Å². The zero-order valence-corrected chi connectivity index (χ0v) is 9.68. The van der Waals surface area contributed by atoms with Crippen LogP contribution in [0.5, 0.6) is 5.75 Å². The van der Waals surface area contributed by atoms with E-state index in [0.717, 1.165) is 22.4 Å². The van der Waals surface area contributed by atoms with Gasteiger partial charge in [0.2, 0.25) is 6.08 Å². The number of nitrogens with zero attached hydrogens (tertiary/aromatic N) is 1. The molecule has 80 valence electrons. The molecule has 4 heteroatoms. The third-order valence-electron chi connectivity index (χ3n) is 2.29. The Balaban J connectivity index is 3.35. The van der Waals surface area contributed by atoms with Crippen LogP contribution in [0.25, 0.3) is 0 Å². The zero-order chi connectivity index (χ0) is 11.4. The number of hydrogen-bond donors (Lipinski definition) is 0. The van der Waals surface area contributed by atoms with E-state index in [9.17, 15) is 4.79 Å². The Morgan fingerprint density at radius 1 is 1.53 bits per heavy atom. The number of isocyanates is 1. The van der Waals surface area contributed by atoms with Crippen LogP contribution in [0.1, 0.15) is 16.7 Å². The van der Waals surface area contributed by atoms with Crippen molar-refractivity contribution in [1.82, 2.24) is 0 Å². The van der Waals surface area contributed by atoms with Gasteiger partial charge in [0.05, 0.1) is 13.7 Å². The molecule has 0 radical (unpaired) electrons. The van der Waals surface area contributed by atoms with Crippen molar-refractivity contribution < 1.29 is 9.53 Å². The second-order valence-electron chi connectivity index (χ2n) is 3.22. The van der Waals surface area contributed by atoms with Crippen molar-refractivity contribution in [3.8, 4) is 5.75 Å². The summed E-state index contributed by atoms with van der Waals surface area (Å²) in [5, 5.41) is 0.657. The number of carbonyl (C=O) groups excluding carboxylic acids is 1. The molecule has 0 saturated heterocycles. The number of hydrogen-bond acceptors (Lipinski definition) is 3. The molecule has 0 aliphatic heterocycles. The Morgan fingerprint density at radius 2 is 2.20 bits per heavy atom. The first-order valence-electron chi connectivity index (χ1n) is 4.48. The van der Waals surface area contributed by atoms with Gasteiger partial charge < -0.3 is 4.74 Å². The fraction of sp³-hybridized carbons (Fsp3) is 0.364. The molecule has 1 aromatic carbocycles. The van der Waals surface area contributed by atoms with Gasteiger partial charge in [-0.05, 0) is 31.0 Å². The Morgan fingerprint density at radius 3 is 2.73 bits per heavy atom. The van der Waals surface area contributed by atoms with Crippen LogP contribution in [0.2, 0.25) is 5.02 Å². The summed E-state index contributed by atoms with van der Waals surface area (Å²) >= 11 is 6.03. The second-order valence-corrected chi connectivity index (χ2v) is 3.63. The minimum absolute atomic E-state index is 0.250. The van der Waals surface area contributed by atoms with Crippen LogP contribution in [0, 0.1) is 13.8 Å². The summed E-state index contributed by atoms with van der Waals surface area (Å²) in [4.78, 5) is 13.6. The summed E-state index contributed by atoms with van der Waals surface area (Å²) in [6, 6.07) is 1.84. The van der Waals surface area contributed by atoms with E-state index in [-0.39, 0.29) is 6.54 Å². The molecule has 0 N–H and O–H groups in total. The Bertz CT molecular complexity index is 423. The molecule has 0 bridgehead atoms. The van der Waals surface area contributed by atoms with Gasteiger partial charge in [0.25, 0.3) is 0 Å². The van der Waals surface area contributed by atoms with Crippen molar-refractivity contribution in [3.05, 3.63) is 27.8 Å². The summed E-state index contributed by atoms with van der Waals surface area (Å²) < 4.78 is 5.26. The predicted molar refractivity (Wildman–Crippen MR) is 59.3 cm³/mol. The summed E-state index contributed by atoms with van der Waals surface area (Å²) in [6.07, 6.45) is 1.51. The maximum atomic E-state index is 10.1. The molecule has 0 spiro atoms. The van der Waals surface area contributed by atoms with Crippen LogP contribution in [-0.4, -0.2) is 13.2 Å². The topological polar surface area (TPSA) is 38.7 Å². The largest absolute Gasteiger partial charge is 0.496 e. The highest BCUT2D eigenvalue weighted by Crippen LogP contribution is 2.32. The standard InChI is InChI=1S/C11H12ClNO2/c1-7-4-10(12)8(2)9(5-13-6-14)11(7)15-3/h4H,5H2,1-3H3. The monoisotopic (exact) mass is 225 g/mol. The third-order valence-corrected chi connectivity index (χ3v) is 2.68. The lowest BCUT2D eigenvalue weighted by atomic mass is 10.0. The highest BCUT2D eigenvalue weighted by molar-refractivity contribution is 6.31. The molecular weight excluding hydrogens is 214 g/mol. The Kier molecular flexibility index (Phi) is 3.89. The third kappa shape index (κ3) is 2.38. The van der Waals surface area contributed by atoms with Gasteiger partial charge in [-0.3, -0.25) is 0 Å². The van der Waals surface area contributed by atoms with Crippen LogP contribution in [0.4, 0.5) is 0 Å². The molecule has 0 amide bonds. The number of benzene rings is 1. The van der Waals surface area contributed by atoms with Gasteiger partial charge in [-0.1, -0.05) is 11.6 Å². The van der Waals surface area contributed by atoms with E-state index in [1.807, 2.05) is 19.9 Å². The van der Waals surface area contributed by atoms with Gasteiger partial charge in [-0.25, -0.2) is 9.79 Å². The van der Waals surface area contributed by atoms with Gasteiger partial charge in [0, 0.05) is 10.6 Å². The van der Waals surface area contributed by atoms with Gasteiger partial charge in [-0.15, -0.1) is 0 Å². The van der Waals surface area contributed by atoms with E-state index in [0.29, 0.717) is 5.02 Å². The van der Waals surface area contributed by atoms with Crippen LogP contribution in [0.15, 0.2) is 11.1 Å². The van der Waals surface area contributed by atoms with Crippen LogP contribution in [-0.2, 0) is 11.3 Å². The SMILES string of the molecule is COc1c(C)cc(Cl)c(C)c1CN=C=O. The molecule has 3 nitrogen and oxygen atoms in total. The second kappa shape index (κ2) is 4.96. The summed E-state index contributed by atoms with van der Waals surface area (Å²) in [5.41, 5.74) is 2.66. The smallest absolute Gasteiger partial charge is 0.235 e. The van der Waals surface area contributed by atoms with Crippen LogP contribution in [0.3, 0.4) is 0 Å². The zero-order valence-electron chi connectivity index (χ0n) is 8.93. The van der Waals surface area contributed by atoms with Crippen LogP contribution >= 0.6 is 11.6 Å². The Labute approximate surface area is 93.7 Å². The highest BCUT2D eigenvalue weighted by Gasteiger charge is 2.12. The normalized spacial score (nSPS) is 9.60. The molecule has 0 aromatic heterocycles. The van der Waals surface area contributed by atoms with Gasteiger partial charge >= 0.3 is 0 Å². The van der Waals surface area contributed by atoms with Crippen molar-refractivity contribution in [2.45, 2.75) is 20.4 Å². The molecule has 0 fully saturated rings. The van der Waals surface area contributed by atoms with Crippen LogP contribution < -0.4 is 4.74 Å². The minimum atomic E-state index is 0.250. The lowest BCUT2D eigenvalue weighted by Gasteiger charge is -2.13. The van der Waals surface area contributed by atoms with Crippen molar-refractivity contribution >= 4 is 17.7 Å². The number of ether oxygens (including phenoxy) is 1. The van der Waals surface area contributed by atoms with E-state index in [4.69, 9.17) is 16.3 Å². The molecule has 0 heterocycles. The lowest BCUT2D eigenvalue weighted by molar-refractivity contribution is 0.406. The number of aliphatic imine (C=N–C) groups is 1. The maximum Gasteiger partial charge on any atom is 0.235 e. The quantitative estimate of drug-likeness (QED) is 0.586. The van der Waals surface area contributed by atoms with E-state index < -0.39 is 0 Å². The minimum Gasteiger partial charge on any atom is -0.496 e. The summed E-state index contributed by atoms with van der Waals surface area (Å²) in [6.45, 7) is 4.03. The number of rotatable bonds is 3. The average molecular weight is 226 g/mol. The van der Waals surface area contributed by atoms with Gasteiger partial charge in [0.1, 0.15) is 5.75 Å².